The topological polar surface area (TPSA) is 43.4 Å². The van der Waals surface area contributed by atoms with Crippen molar-refractivity contribution >= 4 is 21.2 Å². The quantitative estimate of drug-likeness (QED) is 0.839. The van der Waals surface area contributed by atoms with Crippen molar-refractivity contribution in [2.24, 2.45) is 5.92 Å². The average molecular weight is 336 g/mol. The van der Waals surface area contributed by atoms with Crippen LogP contribution in [0.3, 0.4) is 0 Å². The monoisotopic (exact) mass is 336 g/mol. The fourth-order valence-corrected chi connectivity index (χ4v) is 4.91. The third-order valence-corrected chi connectivity index (χ3v) is 6.52. The Balaban J connectivity index is 1.49. The summed E-state index contributed by atoms with van der Waals surface area (Å²) in [6.07, 6.45) is 2.39. The summed E-state index contributed by atoms with van der Waals surface area (Å²) >= 11 is 1.72. The molecule has 0 atom stereocenters. The maximum Gasteiger partial charge on any atom is 0.150 e. The van der Waals surface area contributed by atoms with Crippen LogP contribution in [0.2, 0.25) is 0 Å². The molecule has 22 heavy (non-hydrogen) atoms. The van der Waals surface area contributed by atoms with E-state index in [2.05, 4.69) is 29.0 Å². The Labute approximate surface area is 135 Å². The molecule has 0 N–H and O–H groups in total. The van der Waals surface area contributed by atoms with E-state index in [9.17, 15) is 8.42 Å². The van der Waals surface area contributed by atoms with Crippen LogP contribution < -0.4 is 4.74 Å². The highest BCUT2D eigenvalue weighted by molar-refractivity contribution is 7.91. The Morgan fingerprint density at radius 3 is 2.41 bits per heavy atom. The summed E-state index contributed by atoms with van der Waals surface area (Å²) in [6, 6.07) is 10.3. The van der Waals surface area contributed by atoms with E-state index in [1.165, 1.54) is 11.1 Å². The van der Waals surface area contributed by atoms with Gasteiger partial charge in [0.2, 0.25) is 0 Å². The highest BCUT2D eigenvalue weighted by Crippen LogP contribution is 2.21. The van der Waals surface area contributed by atoms with Gasteiger partial charge in [0.25, 0.3) is 0 Å². The first kappa shape index (κ1) is 15.6. The van der Waals surface area contributed by atoms with Crippen LogP contribution in [0.4, 0.5) is 0 Å². The van der Waals surface area contributed by atoms with Crippen molar-refractivity contribution in [3.8, 4) is 5.75 Å². The molecule has 1 aliphatic rings. The second-order valence-electron chi connectivity index (χ2n) is 5.86. The summed E-state index contributed by atoms with van der Waals surface area (Å²) < 4.78 is 28.6. The normalized spacial score (nSPS) is 18.2. The van der Waals surface area contributed by atoms with E-state index in [4.69, 9.17) is 4.74 Å². The molecule has 0 saturated carbocycles. The molecule has 1 saturated heterocycles. The molecule has 0 bridgehead atoms. The van der Waals surface area contributed by atoms with Gasteiger partial charge in [-0.15, -0.1) is 0 Å². The van der Waals surface area contributed by atoms with Gasteiger partial charge in [0.1, 0.15) is 15.6 Å². The molecule has 3 rings (SSSR count). The predicted molar refractivity (Wildman–Crippen MR) is 90.4 cm³/mol. The first-order valence-electron chi connectivity index (χ1n) is 7.54. The number of benzene rings is 1. The lowest BCUT2D eigenvalue weighted by atomic mass is 10.0. The first-order valence-corrected chi connectivity index (χ1v) is 10.3. The SMILES string of the molecule is O=S1(=O)CCC(COc2ccc(Cc3ccsc3)cc2)CC1. The Bertz CT molecular complexity index is 674. The van der Waals surface area contributed by atoms with Crippen LogP contribution in [0.5, 0.6) is 5.75 Å². The van der Waals surface area contributed by atoms with Gasteiger partial charge in [-0.05, 0) is 65.3 Å². The summed E-state index contributed by atoms with van der Waals surface area (Å²) in [5, 5.41) is 4.26. The van der Waals surface area contributed by atoms with Crippen LogP contribution in [-0.2, 0) is 16.3 Å². The number of thiophene rings is 1. The van der Waals surface area contributed by atoms with Crippen LogP contribution in [0.25, 0.3) is 0 Å². The zero-order chi connectivity index (χ0) is 15.4. The number of rotatable bonds is 5. The summed E-state index contributed by atoms with van der Waals surface area (Å²) in [5.74, 6) is 1.83. The lowest BCUT2D eigenvalue weighted by Crippen LogP contribution is -2.26. The maximum atomic E-state index is 11.4. The van der Waals surface area contributed by atoms with Gasteiger partial charge in [0, 0.05) is 0 Å². The Hall–Kier alpha value is -1.33. The molecule has 1 aromatic heterocycles. The molecule has 2 heterocycles. The van der Waals surface area contributed by atoms with Crippen LogP contribution in [0, 0.1) is 5.92 Å². The van der Waals surface area contributed by atoms with Crippen molar-refractivity contribution in [2.75, 3.05) is 18.1 Å². The summed E-state index contributed by atoms with van der Waals surface area (Å²) in [6.45, 7) is 0.611. The standard InChI is InChI=1S/C17H20O3S2/c18-22(19)9-6-15(7-10-22)12-20-17-3-1-14(2-4-17)11-16-5-8-21-13-16/h1-5,8,13,15H,6-7,9-12H2. The molecular weight excluding hydrogens is 316 g/mol. The molecule has 118 valence electrons. The lowest BCUT2D eigenvalue weighted by molar-refractivity contribution is 0.238. The van der Waals surface area contributed by atoms with Gasteiger partial charge in [-0.25, -0.2) is 8.42 Å². The van der Waals surface area contributed by atoms with Gasteiger partial charge in [0.05, 0.1) is 18.1 Å². The van der Waals surface area contributed by atoms with Crippen molar-refractivity contribution in [2.45, 2.75) is 19.3 Å². The molecule has 0 spiro atoms. The molecule has 3 nitrogen and oxygen atoms in total. The zero-order valence-electron chi connectivity index (χ0n) is 12.4. The van der Waals surface area contributed by atoms with E-state index in [1.807, 2.05) is 12.1 Å². The van der Waals surface area contributed by atoms with E-state index in [-0.39, 0.29) is 0 Å². The van der Waals surface area contributed by atoms with E-state index in [1.54, 1.807) is 11.3 Å². The van der Waals surface area contributed by atoms with E-state index in [0.717, 1.165) is 25.0 Å². The summed E-state index contributed by atoms with van der Waals surface area (Å²) in [5.41, 5.74) is 2.61. The molecule has 0 aliphatic carbocycles. The third kappa shape index (κ3) is 4.34. The fourth-order valence-electron chi connectivity index (χ4n) is 2.65. The highest BCUT2D eigenvalue weighted by atomic mass is 32.2. The Morgan fingerprint density at radius 1 is 1.05 bits per heavy atom. The number of ether oxygens (including phenoxy) is 1. The number of hydrogen-bond acceptors (Lipinski definition) is 4. The van der Waals surface area contributed by atoms with Crippen molar-refractivity contribution in [1.82, 2.24) is 0 Å². The molecule has 2 aromatic rings. The van der Waals surface area contributed by atoms with Crippen molar-refractivity contribution < 1.29 is 13.2 Å². The maximum absolute atomic E-state index is 11.4. The smallest absolute Gasteiger partial charge is 0.150 e. The van der Waals surface area contributed by atoms with Gasteiger partial charge in [0.15, 0.2) is 0 Å². The third-order valence-electron chi connectivity index (χ3n) is 4.07. The minimum Gasteiger partial charge on any atom is -0.493 e. The fraction of sp³-hybridized carbons (Fsp3) is 0.412. The zero-order valence-corrected chi connectivity index (χ0v) is 14.0. The lowest BCUT2D eigenvalue weighted by Gasteiger charge is -2.22. The Kier molecular flexibility index (Phi) is 4.84. The molecule has 0 unspecified atom stereocenters. The van der Waals surface area contributed by atoms with E-state index < -0.39 is 9.84 Å². The van der Waals surface area contributed by atoms with E-state index in [0.29, 0.717) is 24.0 Å². The highest BCUT2D eigenvalue weighted by Gasteiger charge is 2.23. The van der Waals surface area contributed by atoms with Crippen LogP contribution in [0.15, 0.2) is 41.1 Å². The minimum absolute atomic E-state index is 0.306. The average Bonchev–Trinajstić information content (AvgIpc) is 3.01. The van der Waals surface area contributed by atoms with Crippen LogP contribution in [0.1, 0.15) is 24.0 Å². The van der Waals surface area contributed by atoms with Gasteiger partial charge in [-0.1, -0.05) is 12.1 Å². The minimum atomic E-state index is -2.78. The van der Waals surface area contributed by atoms with Crippen LogP contribution in [-0.4, -0.2) is 26.5 Å². The van der Waals surface area contributed by atoms with Gasteiger partial charge in [-0.2, -0.15) is 11.3 Å². The second kappa shape index (κ2) is 6.84. The molecule has 1 aliphatic heterocycles. The first-order chi connectivity index (χ1) is 10.6. The van der Waals surface area contributed by atoms with Gasteiger partial charge in [-0.3, -0.25) is 0 Å². The largest absolute Gasteiger partial charge is 0.493 e. The Morgan fingerprint density at radius 2 is 1.77 bits per heavy atom. The molecule has 0 radical (unpaired) electrons. The van der Waals surface area contributed by atoms with Crippen LogP contribution >= 0.6 is 11.3 Å². The van der Waals surface area contributed by atoms with Crippen molar-refractivity contribution in [1.29, 1.82) is 0 Å². The second-order valence-corrected chi connectivity index (χ2v) is 8.94. The molecule has 1 aromatic carbocycles. The van der Waals surface area contributed by atoms with Gasteiger partial charge < -0.3 is 4.74 Å². The van der Waals surface area contributed by atoms with E-state index >= 15 is 0 Å². The van der Waals surface area contributed by atoms with Gasteiger partial charge >= 0.3 is 0 Å². The molecular formula is C17H20O3S2. The number of sulfone groups is 1. The van der Waals surface area contributed by atoms with Crippen molar-refractivity contribution in [3.05, 3.63) is 52.2 Å². The summed E-state index contributed by atoms with van der Waals surface area (Å²) in [4.78, 5) is 0. The molecule has 5 heteroatoms. The molecule has 1 fully saturated rings. The predicted octanol–water partition coefficient (Wildman–Crippen LogP) is 3.54. The molecule has 0 amide bonds. The number of hydrogen-bond donors (Lipinski definition) is 0. The van der Waals surface area contributed by atoms with Crippen molar-refractivity contribution in [3.63, 3.8) is 0 Å². The summed E-state index contributed by atoms with van der Waals surface area (Å²) in [7, 11) is -2.78.